The fourth-order valence-electron chi connectivity index (χ4n) is 3.69. The first-order chi connectivity index (χ1) is 15.5. The van der Waals surface area contributed by atoms with Crippen LogP contribution in [0.1, 0.15) is 0 Å². The second kappa shape index (κ2) is 8.87. The standard InChI is InChI=1S/C25H14I2N2O2S/c26-19-8-4-7-18(15-9-11-17(12-10-15)29(30)31)22(19)23-20(27)13-14-21-24(23)28-25(32-21)16-5-2-1-3-6-16/h1-14H. The predicted molar refractivity (Wildman–Crippen MR) is 148 cm³/mol. The van der Waals surface area contributed by atoms with Gasteiger partial charge in [-0.1, -0.05) is 42.5 Å². The lowest BCUT2D eigenvalue weighted by Crippen LogP contribution is -1.94. The van der Waals surface area contributed by atoms with Crippen LogP contribution in [-0.2, 0) is 0 Å². The summed E-state index contributed by atoms with van der Waals surface area (Å²) in [5.74, 6) is 0. The molecule has 0 spiro atoms. The van der Waals surface area contributed by atoms with Crippen molar-refractivity contribution in [3.8, 4) is 32.8 Å². The summed E-state index contributed by atoms with van der Waals surface area (Å²) in [5.41, 5.74) is 6.34. The minimum atomic E-state index is -0.372. The van der Waals surface area contributed by atoms with E-state index in [1.54, 1.807) is 23.5 Å². The lowest BCUT2D eigenvalue weighted by molar-refractivity contribution is -0.384. The summed E-state index contributed by atoms with van der Waals surface area (Å²) in [5, 5.41) is 12.1. The first-order valence-corrected chi connectivity index (χ1v) is 12.7. The van der Waals surface area contributed by atoms with E-state index in [0.717, 1.165) is 50.2 Å². The number of thiazole rings is 1. The minimum Gasteiger partial charge on any atom is -0.258 e. The van der Waals surface area contributed by atoms with E-state index >= 15 is 0 Å². The molecule has 0 saturated heterocycles. The highest BCUT2D eigenvalue weighted by Crippen LogP contribution is 2.43. The van der Waals surface area contributed by atoms with Crippen molar-refractivity contribution in [2.24, 2.45) is 0 Å². The Bertz CT molecular complexity index is 1470. The monoisotopic (exact) mass is 660 g/mol. The van der Waals surface area contributed by atoms with E-state index in [-0.39, 0.29) is 10.6 Å². The van der Waals surface area contributed by atoms with E-state index < -0.39 is 0 Å². The molecule has 0 bridgehead atoms. The highest BCUT2D eigenvalue weighted by atomic mass is 127. The zero-order valence-corrected chi connectivity index (χ0v) is 21.6. The van der Waals surface area contributed by atoms with Crippen molar-refractivity contribution in [3.05, 3.63) is 102 Å². The van der Waals surface area contributed by atoms with Crippen LogP contribution in [0.3, 0.4) is 0 Å². The molecule has 7 heteroatoms. The van der Waals surface area contributed by atoms with E-state index in [9.17, 15) is 10.1 Å². The third-order valence-electron chi connectivity index (χ3n) is 5.18. The normalized spacial score (nSPS) is 11.1. The maximum absolute atomic E-state index is 11.1. The lowest BCUT2D eigenvalue weighted by Gasteiger charge is -2.14. The summed E-state index contributed by atoms with van der Waals surface area (Å²) in [6.07, 6.45) is 0. The van der Waals surface area contributed by atoms with Crippen LogP contribution in [0.2, 0.25) is 0 Å². The van der Waals surface area contributed by atoms with Gasteiger partial charge in [-0.05, 0) is 86.6 Å². The van der Waals surface area contributed by atoms with Crippen molar-refractivity contribution < 1.29 is 4.92 Å². The van der Waals surface area contributed by atoms with Crippen molar-refractivity contribution in [1.29, 1.82) is 0 Å². The molecule has 1 heterocycles. The van der Waals surface area contributed by atoms with Gasteiger partial charge in [0.15, 0.2) is 0 Å². The van der Waals surface area contributed by atoms with E-state index in [4.69, 9.17) is 4.98 Å². The highest BCUT2D eigenvalue weighted by Gasteiger charge is 2.20. The molecule has 0 N–H and O–H groups in total. The van der Waals surface area contributed by atoms with Crippen molar-refractivity contribution in [3.63, 3.8) is 0 Å². The van der Waals surface area contributed by atoms with Crippen LogP contribution < -0.4 is 0 Å². The van der Waals surface area contributed by atoms with Crippen LogP contribution in [0.5, 0.6) is 0 Å². The minimum absolute atomic E-state index is 0.0876. The molecule has 4 nitrogen and oxygen atoms in total. The number of hydrogen-bond acceptors (Lipinski definition) is 4. The third kappa shape index (κ3) is 3.93. The molecule has 1 aromatic heterocycles. The quantitative estimate of drug-likeness (QED) is 0.111. The van der Waals surface area contributed by atoms with Crippen LogP contribution in [0.25, 0.3) is 43.0 Å². The van der Waals surface area contributed by atoms with Crippen molar-refractivity contribution >= 4 is 72.4 Å². The van der Waals surface area contributed by atoms with E-state index in [0.29, 0.717) is 0 Å². The first-order valence-electron chi connectivity index (χ1n) is 9.71. The Labute approximate surface area is 215 Å². The van der Waals surface area contributed by atoms with Gasteiger partial charge in [-0.3, -0.25) is 10.1 Å². The number of non-ortho nitro benzene ring substituents is 1. The highest BCUT2D eigenvalue weighted by molar-refractivity contribution is 14.1. The van der Waals surface area contributed by atoms with Gasteiger partial charge in [-0.2, -0.15) is 0 Å². The van der Waals surface area contributed by atoms with Gasteiger partial charge in [0.2, 0.25) is 0 Å². The van der Waals surface area contributed by atoms with E-state index in [2.05, 4.69) is 81.6 Å². The molecule has 5 aromatic rings. The molecule has 0 atom stereocenters. The second-order valence-electron chi connectivity index (χ2n) is 7.12. The van der Waals surface area contributed by atoms with Crippen LogP contribution >= 0.6 is 56.5 Å². The number of benzene rings is 4. The predicted octanol–water partition coefficient (Wildman–Crippen LogP) is 8.41. The Morgan fingerprint density at radius 2 is 1.47 bits per heavy atom. The Morgan fingerprint density at radius 1 is 0.750 bits per heavy atom. The van der Waals surface area contributed by atoms with Gasteiger partial charge < -0.3 is 0 Å². The van der Waals surface area contributed by atoms with Crippen LogP contribution in [0.15, 0.2) is 84.9 Å². The van der Waals surface area contributed by atoms with Crippen molar-refractivity contribution in [2.75, 3.05) is 0 Å². The van der Waals surface area contributed by atoms with Gasteiger partial charge in [0.05, 0.1) is 15.1 Å². The number of rotatable bonds is 4. The van der Waals surface area contributed by atoms with Gasteiger partial charge in [-0.25, -0.2) is 4.98 Å². The molecule has 32 heavy (non-hydrogen) atoms. The summed E-state index contributed by atoms with van der Waals surface area (Å²) >= 11 is 6.43. The summed E-state index contributed by atoms with van der Waals surface area (Å²) in [6, 6.07) is 27.4. The number of hydrogen-bond donors (Lipinski definition) is 0. The number of nitro benzene ring substituents is 1. The molecule has 0 aliphatic heterocycles. The van der Waals surface area contributed by atoms with E-state index in [1.807, 2.05) is 36.4 Å². The van der Waals surface area contributed by atoms with Gasteiger partial charge in [0, 0.05) is 36.0 Å². The zero-order chi connectivity index (χ0) is 22.2. The molecule has 0 saturated carbocycles. The molecule has 0 fully saturated rings. The Hall–Kier alpha value is -2.37. The van der Waals surface area contributed by atoms with Gasteiger partial charge in [0.1, 0.15) is 5.01 Å². The van der Waals surface area contributed by atoms with Crippen LogP contribution in [0, 0.1) is 17.3 Å². The summed E-state index contributed by atoms with van der Waals surface area (Å²) in [4.78, 5) is 15.8. The second-order valence-corrected chi connectivity index (χ2v) is 10.5. The molecular weight excluding hydrogens is 646 g/mol. The first kappa shape index (κ1) is 21.5. The largest absolute Gasteiger partial charge is 0.269 e. The average molecular weight is 660 g/mol. The fraction of sp³-hybridized carbons (Fsp3) is 0. The number of halogens is 2. The molecule has 0 aliphatic rings. The third-order valence-corrected chi connectivity index (χ3v) is 8.05. The van der Waals surface area contributed by atoms with Gasteiger partial charge >= 0.3 is 0 Å². The maximum atomic E-state index is 11.1. The fourth-order valence-corrected chi connectivity index (χ4v) is 6.15. The van der Waals surface area contributed by atoms with E-state index in [1.165, 1.54) is 0 Å². The Kier molecular flexibility index (Phi) is 5.95. The topological polar surface area (TPSA) is 56.0 Å². The lowest BCUT2D eigenvalue weighted by atomic mass is 9.94. The molecular formula is C25H14I2N2O2S. The summed E-state index contributed by atoms with van der Waals surface area (Å²) in [7, 11) is 0. The SMILES string of the molecule is O=[N+]([O-])c1ccc(-c2cccc(I)c2-c2c(I)ccc3sc(-c4ccccc4)nc23)cc1. The average Bonchev–Trinajstić information content (AvgIpc) is 3.24. The molecule has 156 valence electrons. The number of fused-ring (bicyclic) bond motifs is 1. The number of nitro groups is 1. The van der Waals surface area contributed by atoms with Crippen molar-refractivity contribution in [2.45, 2.75) is 0 Å². The Morgan fingerprint density at radius 3 is 2.19 bits per heavy atom. The van der Waals surface area contributed by atoms with Gasteiger partial charge in [0.25, 0.3) is 5.69 Å². The zero-order valence-electron chi connectivity index (χ0n) is 16.5. The number of aromatic nitrogens is 1. The Balaban J connectivity index is 1.75. The molecule has 0 amide bonds. The molecule has 5 rings (SSSR count). The van der Waals surface area contributed by atoms with Crippen LogP contribution in [0.4, 0.5) is 5.69 Å². The molecule has 0 radical (unpaired) electrons. The van der Waals surface area contributed by atoms with Crippen molar-refractivity contribution in [1.82, 2.24) is 4.98 Å². The molecule has 0 unspecified atom stereocenters. The molecule has 4 aromatic carbocycles. The molecule has 0 aliphatic carbocycles. The van der Waals surface area contributed by atoms with Crippen LogP contribution in [-0.4, -0.2) is 9.91 Å². The van der Waals surface area contributed by atoms with Gasteiger partial charge in [-0.15, -0.1) is 11.3 Å². The maximum Gasteiger partial charge on any atom is 0.269 e. The summed E-state index contributed by atoms with van der Waals surface area (Å²) in [6.45, 7) is 0. The number of nitrogens with zero attached hydrogens (tertiary/aromatic N) is 2. The smallest absolute Gasteiger partial charge is 0.258 e. The summed E-state index contributed by atoms with van der Waals surface area (Å²) < 4.78 is 3.36.